The van der Waals surface area contributed by atoms with E-state index in [9.17, 15) is 0 Å². The van der Waals surface area contributed by atoms with E-state index in [0.29, 0.717) is 18.8 Å². The second kappa shape index (κ2) is 12.0. The molecule has 0 N–H and O–H groups in total. The summed E-state index contributed by atoms with van der Waals surface area (Å²) >= 11 is 3.59. The number of benzene rings is 4. The third kappa shape index (κ3) is 5.54. The molecule has 0 aliphatic heterocycles. The molecule has 0 spiro atoms. The Kier molecular flexibility index (Phi) is 8.98. The van der Waals surface area contributed by atoms with Gasteiger partial charge >= 0.3 is 18.9 Å². The fourth-order valence-electron chi connectivity index (χ4n) is 5.28. The van der Waals surface area contributed by atoms with Crippen LogP contribution in [-0.2, 0) is 5.60 Å². The van der Waals surface area contributed by atoms with Crippen LogP contribution in [0.4, 0.5) is 0 Å². The minimum absolute atomic E-state index is 0. The van der Waals surface area contributed by atoms with Gasteiger partial charge in [0.15, 0.2) is 0 Å². The third-order valence-corrected chi connectivity index (χ3v) is 7.54. The fourth-order valence-corrected chi connectivity index (χ4v) is 5.66. The van der Waals surface area contributed by atoms with Gasteiger partial charge in [-0.05, 0) is 73.2 Å². The Morgan fingerprint density at radius 2 is 1.61 bits per heavy atom. The first kappa shape index (κ1) is 28.4. The number of pyridine rings is 1. The van der Waals surface area contributed by atoms with E-state index < -0.39 is 11.5 Å². The van der Waals surface area contributed by atoms with E-state index in [0.717, 1.165) is 42.8 Å². The van der Waals surface area contributed by atoms with Crippen molar-refractivity contribution in [2.24, 2.45) is 0 Å². The van der Waals surface area contributed by atoms with Crippen LogP contribution >= 0.6 is 15.9 Å². The maximum atomic E-state index is 15.7. The van der Waals surface area contributed by atoms with Crippen molar-refractivity contribution < 1.29 is 28.7 Å². The van der Waals surface area contributed by atoms with Gasteiger partial charge in [-0.3, -0.25) is 0 Å². The number of hydrogen-bond acceptors (Lipinski definition) is 4. The molecule has 0 saturated carbocycles. The molecule has 1 heterocycles. The van der Waals surface area contributed by atoms with E-state index in [2.05, 4.69) is 45.1 Å². The van der Waals surface area contributed by atoms with E-state index in [1.165, 1.54) is 0 Å². The normalized spacial score (nSPS) is 13.7. The molecule has 38 heavy (non-hydrogen) atoms. The molecule has 5 rings (SSSR count). The zero-order valence-electron chi connectivity index (χ0n) is 22.3. The molecule has 0 amide bonds. The van der Waals surface area contributed by atoms with E-state index in [1.54, 1.807) is 7.11 Å². The van der Waals surface area contributed by atoms with Crippen LogP contribution in [0.1, 0.15) is 29.0 Å². The van der Waals surface area contributed by atoms with Crippen molar-refractivity contribution in [3.8, 4) is 5.88 Å². The van der Waals surface area contributed by atoms with Crippen molar-refractivity contribution in [1.29, 1.82) is 0 Å². The molecule has 1 aromatic heterocycles. The van der Waals surface area contributed by atoms with Gasteiger partial charge in [0.25, 0.3) is 0 Å². The van der Waals surface area contributed by atoms with Crippen LogP contribution in [0.25, 0.3) is 21.7 Å². The van der Waals surface area contributed by atoms with Gasteiger partial charge in [-0.15, -0.1) is 0 Å². The first-order valence-corrected chi connectivity index (χ1v) is 13.2. The Morgan fingerprint density at radius 3 is 2.34 bits per heavy atom. The molecular formula is C32H30BrLiN2O2. The number of fused-ring (bicyclic) bond motifs is 2. The molecule has 0 radical (unpaired) electrons. The van der Waals surface area contributed by atoms with E-state index in [1.807, 2.05) is 86.9 Å². The summed E-state index contributed by atoms with van der Waals surface area (Å²) in [6.07, 6.45) is 0.410. The molecule has 6 heteroatoms. The standard InChI is InChI=1S/C32H30BrN2O2.Li/c1-35(2)19-18-32(36,28-15-9-13-22-10-7-8-14-26(22)28)30(23-11-5-4-6-12-23)27-21-24-20-25(33)16-17-29(24)34-31(27)37-3;/h4-17,20-21,30H,18-19H2,1-3H3;/q-1;+1. The third-order valence-electron chi connectivity index (χ3n) is 7.05. The Bertz CT molecular complexity index is 1540. The smallest absolute Gasteiger partial charge is 0.845 e. The summed E-state index contributed by atoms with van der Waals surface area (Å²) in [7, 11) is 5.65. The van der Waals surface area contributed by atoms with Crippen LogP contribution in [0.3, 0.4) is 0 Å². The van der Waals surface area contributed by atoms with Crippen molar-refractivity contribution in [3.05, 3.63) is 118 Å². The van der Waals surface area contributed by atoms with Crippen molar-refractivity contribution in [2.75, 3.05) is 27.7 Å². The number of halogens is 1. The van der Waals surface area contributed by atoms with Crippen LogP contribution in [0.15, 0.2) is 102 Å². The average molecular weight is 561 g/mol. The largest absolute Gasteiger partial charge is 1.00 e. The minimum Gasteiger partial charge on any atom is -0.845 e. The van der Waals surface area contributed by atoms with Crippen molar-refractivity contribution in [3.63, 3.8) is 0 Å². The first-order chi connectivity index (χ1) is 17.9. The van der Waals surface area contributed by atoms with E-state index >= 15 is 5.11 Å². The maximum Gasteiger partial charge on any atom is 1.00 e. The van der Waals surface area contributed by atoms with Crippen LogP contribution in [-0.4, -0.2) is 37.6 Å². The van der Waals surface area contributed by atoms with Crippen LogP contribution < -0.4 is 28.7 Å². The van der Waals surface area contributed by atoms with Gasteiger partial charge in [0.2, 0.25) is 5.88 Å². The Labute approximate surface area is 245 Å². The molecule has 0 aliphatic carbocycles. The Morgan fingerprint density at radius 1 is 0.895 bits per heavy atom. The summed E-state index contributed by atoms with van der Waals surface area (Å²) in [5, 5.41) is 18.7. The monoisotopic (exact) mass is 560 g/mol. The van der Waals surface area contributed by atoms with Crippen molar-refractivity contribution in [2.45, 2.75) is 17.9 Å². The summed E-state index contributed by atoms with van der Waals surface area (Å²) in [5.74, 6) is -0.0562. The fraction of sp³-hybridized carbons (Fsp3) is 0.219. The van der Waals surface area contributed by atoms with Crippen LogP contribution in [0.5, 0.6) is 5.88 Å². The van der Waals surface area contributed by atoms with Gasteiger partial charge in [-0.2, -0.15) is 0 Å². The van der Waals surface area contributed by atoms with Gasteiger partial charge in [-0.25, -0.2) is 4.98 Å². The quantitative estimate of drug-likeness (QED) is 0.272. The molecule has 0 bridgehead atoms. The number of rotatable bonds is 8. The maximum absolute atomic E-state index is 15.7. The average Bonchev–Trinajstić information content (AvgIpc) is 2.92. The molecular weight excluding hydrogens is 531 g/mol. The molecule has 2 atom stereocenters. The zero-order chi connectivity index (χ0) is 26.0. The zero-order valence-corrected chi connectivity index (χ0v) is 23.9. The molecule has 4 aromatic carbocycles. The van der Waals surface area contributed by atoms with E-state index in [-0.39, 0.29) is 18.9 Å². The van der Waals surface area contributed by atoms with Gasteiger partial charge < -0.3 is 14.7 Å². The number of aromatic nitrogens is 1. The number of methoxy groups -OCH3 is 1. The Balaban J connectivity index is 0.00000336. The summed E-state index contributed by atoms with van der Waals surface area (Å²) in [6.45, 7) is 0.644. The SMILES string of the molecule is COc1nc2ccc(Br)cc2cc1C(c1ccccc1)C([O-])(CCN(C)C)c1cccc2ccccc12.[Li+]. The van der Waals surface area contributed by atoms with Gasteiger partial charge in [0.1, 0.15) is 0 Å². The summed E-state index contributed by atoms with van der Waals surface area (Å²) in [4.78, 5) is 6.93. The predicted octanol–water partition coefficient (Wildman–Crippen LogP) is 3.50. The van der Waals surface area contributed by atoms with Gasteiger partial charge in [-0.1, -0.05) is 94.3 Å². The molecule has 0 fully saturated rings. The van der Waals surface area contributed by atoms with E-state index in [4.69, 9.17) is 9.72 Å². The number of nitrogens with zero attached hydrogens (tertiary/aromatic N) is 2. The molecule has 0 saturated heterocycles. The molecule has 188 valence electrons. The van der Waals surface area contributed by atoms with Gasteiger partial charge in [0.05, 0.1) is 12.6 Å². The first-order valence-electron chi connectivity index (χ1n) is 12.4. The molecule has 0 aliphatic rings. The van der Waals surface area contributed by atoms with Crippen LogP contribution in [0.2, 0.25) is 0 Å². The second-order valence-electron chi connectivity index (χ2n) is 9.74. The van der Waals surface area contributed by atoms with Crippen LogP contribution in [0, 0.1) is 0 Å². The van der Waals surface area contributed by atoms with Crippen molar-refractivity contribution in [1.82, 2.24) is 9.88 Å². The van der Waals surface area contributed by atoms with Gasteiger partial charge in [0, 0.05) is 21.3 Å². The molecule has 2 unspecified atom stereocenters. The summed E-state index contributed by atoms with van der Waals surface area (Å²) in [6, 6.07) is 32.3. The summed E-state index contributed by atoms with van der Waals surface area (Å²) < 4.78 is 6.82. The predicted molar refractivity (Wildman–Crippen MR) is 153 cm³/mol. The minimum atomic E-state index is -1.50. The van der Waals surface area contributed by atoms with Crippen molar-refractivity contribution >= 4 is 37.6 Å². The molecule has 4 nitrogen and oxygen atoms in total. The second-order valence-corrected chi connectivity index (χ2v) is 10.7. The molecule has 5 aromatic rings. The topological polar surface area (TPSA) is 48.4 Å². The summed E-state index contributed by atoms with van der Waals surface area (Å²) in [5.41, 5.74) is 1.85. The number of ether oxygens (including phenoxy) is 1. The Hall–Kier alpha value is -2.65. The number of hydrogen-bond donors (Lipinski definition) is 0.